The van der Waals surface area contributed by atoms with E-state index in [1.807, 2.05) is 33.8 Å². The summed E-state index contributed by atoms with van der Waals surface area (Å²) >= 11 is 1.39. The number of nitrogens with zero attached hydrogens (tertiary/aromatic N) is 1. The summed E-state index contributed by atoms with van der Waals surface area (Å²) in [7, 11) is 0. The van der Waals surface area contributed by atoms with Crippen molar-refractivity contribution in [1.82, 2.24) is 10.3 Å². The van der Waals surface area contributed by atoms with Gasteiger partial charge in [-0.25, -0.2) is 18.2 Å². The van der Waals surface area contributed by atoms with Crippen molar-refractivity contribution in [2.75, 3.05) is 0 Å². The molecule has 2 aromatic carbocycles. The van der Waals surface area contributed by atoms with Gasteiger partial charge in [-0.3, -0.25) is 9.59 Å². The number of hydrogen-bond donors (Lipinski definition) is 1. The van der Waals surface area contributed by atoms with Crippen molar-refractivity contribution in [3.63, 3.8) is 0 Å². The van der Waals surface area contributed by atoms with Crippen LogP contribution in [0.1, 0.15) is 70.4 Å². The number of thiophene rings is 1. The Balaban J connectivity index is 0.000000258. The Morgan fingerprint density at radius 2 is 1.62 bits per heavy atom. The van der Waals surface area contributed by atoms with Gasteiger partial charge in [0.05, 0.1) is 16.5 Å². The number of halogens is 3. The van der Waals surface area contributed by atoms with Gasteiger partial charge in [0.1, 0.15) is 17.9 Å². The zero-order valence-electron chi connectivity index (χ0n) is 22.7. The largest absolute Gasteiger partial charge is 0.449 e. The minimum atomic E-state index is -0.909. The Morgan fingerprint density at radius 1 is 0.949 bits per heavy atom. The van der Waals surface area contributed by atoms with Gasteiger partial charge in [-0.2, -0.15) is 0 Å². The van der Waals surface area contributed by atoms with Gasteiger partial charge in [0, 0.05) is 24.8 Å². The second kappa shape index (κ2) is 15.6. The molecule has 0 bridgehead atoms. The molecule has 208 valence electrons. The van der Waals surface area contributed by atoms with Crippen molar-refractivity contribution in [3.8, 4) is 0 Å². The van der Waals surface area contributed by atoms with Crippen molar-refractivity contribution in [2.24, 2.45) is 0 Å². The van der Waals surface area contributed by atoms with Crippen LogP contribution in [0.2, 0.25) is 0 Å². The molecule has 39 heavy (non-hydrogen) atoms. The Bertz CT molecular complexity index is 1350. The van der Waals surface area contributed by atoms with E-state index in [9.17, 15) is 22.8 Å². The summed E-state index contributed by atoms with van der Waals surface area (Å²) in [6.45, 7) is 9.66. The first-order chi connectivity index (χ1) is 18.6. The van der Waals surface area contributed by atoms with Crippen molar-refractivity contribution in [2.45, 2.75) is 59.9 Å². The Kier molecular flexibility index (Phi) is 12.6. The molecule has 0 aliphatic carbocycles. The number of carbonyl (C=O) groups is 2. The first-order valence-electron chi connectivity index (χ1n) is 12.6. The first-order valence-corrected chi connectivity index (χ1v) is 13.4. The van der Waals surface area contributed by atoms with Crippen LogP contribution in [0.5, 0.6) is 0 Å². The van der Waals surface area contributed by atoms with Crippen molar-refractivity contribution in [1.29, 1.82) is 0 Å². The Hall–Kier alpha value is -3.72. The topological polar surface area (TPSA) is 72.2 Å². The van der Waals surface area contributed by atoms with Crippen molar-refractivity contribution < 1.29 is 27.2 Å². The third kappa shape index (κ3) is 10.2. The smallest absolute Gasteiger partial charge is 0.261 e. The van der Waals surface area contributed by atoms with Gasteiger partial charge in [-0.15, -0.1) is 11.3 Å². The fourth-order valence-electron chi connectivity index (χ4n) is 3.35. The number of benzene rings is 2. The fraction of sp³-hybridized carbons (Fsp3) is 0.300. The van der Waals surface area contributed by atoms with Crippen LogP contribution in [-0.4, -0.2) is 16.7 Å². The molecule has 0 aliphatic rings. The van der Waals surface area contributed by atoms with Gasteiger partial charge in [-0.1, -0.05) is 32.0 Å². The van der Waals surface area contributed by atoms with Crippen molar-refractivity contribution in [3.05, 3.63) is 111 Å². The quantitative estimate of drug-likeness (QED) is 0.240. The van der Waals surface area contributed by atoms with Crippen LogP contribution < -0.4 is 5.32 Å². The number of rotatable bonds is 8. The molecule has 1 atom stereocenters. The zero-order chi connectivity index (χ0) is 28.9. The monoisotopic (exact) mass is 558 g/mol. The average molecular weight is 559 g/mol. The summed E-state index contributed by atoms with van der Waals surface area (Å²) in [4.78, 5) is 29.6. The summed E-state index contributed by atoms with van der Waals surface area (Å²) < 4.78 is 43.5. The second-order valence-corrected chi connectivity index (χ2v) is 9.74. The standard InChI is InChI=1S/C15H16FNO2.C13H11F2NOS.C2H6/c1-10(14-9-19-11(2)17-14)15(18)8-5-12-3-6-13(16)7-4-12;1-8-2-5-12(18-8)13(17)16-7-9-3-4-10(14)11(15)6-9;1-2/h3-4,6-7,9-10H,5,8H2,1-2H3;2-6H,7H2,1H3,(H,16,17);1-2H3. The number of aromatic nitrogens is 1. The summed E-state index contributed by atoms with van der Waals surface area (Å²) in [5, 5.41) is 2.66. The molecule has 2 heterocycles. The fourth-order valence-corrected chi connectivity index (χ4v) is 4.14. The lowest BCUT2D eigenvalue weighted by Crippen LogP contribution is -2.21. The normalized spacial score (nSPS) is 11.0. The number of nitrogens with one attached hydrogen (secondary N) is 1. The molecule has 0 saturated heterocycles. The SMILES string of the molecule is CC.Cc1ccc(C(=O)NCc2ccc(F)c(F)c2)s1.Cc1nc(C(C)C(=O)CCc2ccc(F)cc2)co1. The molecule has 1 amide bonds. The number of hydrogen-bond acceptors (Lipinski definition) is 5. The number of aryl methyl sites for hydroxylation is 3. The molecule has 0 radical (unpaired) electrons. The average Bonchev–Trinajstić information content (AvgIpc) is 3.58. The van der Waals surface area contributed by atoms with E-state index in [1.165, 1.54) is 35.8 Å². The van der Waals surface area contributed by atoms with E-state index in [0.717, 1.165) is 22.6 Å². The van der Waals surface area contributed by atoms with Gasteiger partial charge in [0.25, 0.3) is 5.91 Å². The van der Waals surface area contributed by atoms with Crippen LogP contribution in [0.15, 0.2) is 65.3 Å². The molecule has 1 N–H and O–H groups in total. The molecule has 9 heteroatoms. The van der Waals surface area contributed by atoms with Gasteiger partial charge >= 0.3 is 0 Å². The highest BCUT2D eigenvalue weighted by Gasteiger charge is 2.18. The predicted molar refractivity (Wildman–Crippen MR) is 147 cm³/mol. The second-order valence-electron chi connectivity index (χ2n) is 8.45. The maximum Gasteiger partial charge on any atom is 0.261 e. The number of carbonyl (C=O) groups excluding carboxylic acids is 2. The highest BCUT2D eigenvalue weighted by atomic mass is 32.1. The Morgan fingerprint density at radius 3 is 2.18 bits per heavy atom. The van der Waals surface area contributed by atoms with E-state index in [1.54, 1.807) is 25.1 Å². The minimum absolute atomic E-state index is 0.109. The lowest BCUT2D eigenvalue weighted by Gasteiger charge is -2.07. The molecule has 4 rings (SSSR count). The number of amides is 1. The number of Topliss-reactive ketones (excluding diaryl/α,β-unsaturated/α-hetero) is 1. The summed E-state index contributed by atoms with van der Waals surface area (Å²) in [6, 6.07) is 13.4. The van der Waals surface area contributed by atoms with Gasteiger partial charge in [-0.05, 0) is 67.8 Å². The summed E-state index contributed by atoms with van der Waals surface area (Å²) in [5.74, 6) is -1.87. The third-order valence-electron chi connectivity index (χ3n) is 5.54. The number of ketones is 1. The molecule has 0 spiro atoms. The van der Waals surface area contributed by atoms with Gasteiger partial charge in [0.2, 0.25) is 0 Å². The van der Waals surface area contributed by atoms with Crippen LogP contribution in [-0.2, 0) is 17.8 Å². The lowest BCUT2D eigenvalue weighted by atomic mass is 9.97. The van der Waals surface area contributed by atoms with Crippen LogP contribution in [0, 0.1) is 31.3 Å². The molecular formula is C30H33F3N2O3S. The van der Waals surface area contributed by atoms with E-state index in [2.05, 4.69) is 10.3 Å². The highest BCUT2D eigenvalue weighted by Crippen LogP contribution is 2.18. The van der Waals surface area contributed by atoms with Gasteiger partial charge in [0.15, 0.2) is 17.5 Å². The summed E-state index contributed by atoms with van der Waals surface area (Å²) in [6.07, 6.45) is 2.55. The van der Waals surface area contributed by atoms with Crippen LogP contribution in [0.4, 0.5) is 13.2 Å². The van der Waals surface area contributed by atoms with E-state index in [-0.39, 0.29) is 30.0 Å². The summed E-state index contributed by atoms with van der Waals surface area (Å²) in [5.41, 5.74) is 2.15. The maximum absolute atomic E-state index is 12.9. The molecule has 0 aliphatic heterocycles. The third-order valence-corrected chi connectivity index (χ3v) is 6.54. The molecule has 0 fully saturated rings. The lowest BCUT2D eigenvalue weighted by molar-refractivity contribution is -0.120. The minimum Gasteiger partial charge on any atom is -0.449 e. The van der Waals surface area contributed by atoms with Crippen molar-refractivity contribution >= 4 is 23.0 Å². The molecule has 2 aromatic heterocycles. The molecule has 1 unspecified atom stereocenters. The van der Waals surface area contributed by atoms with E-state index in [4.69, 9.17) is 4.42 Å². The first kappa shape index (κ1) is 31.5. The van der Waals surface area contributed by atoms with Crippen LogP contribution in [0.3, 0.4) is 0 Å². The van der Waals surface area contributed by atoms with Gasteiger partial charge < -0.3 is 9.73 Å². The van der Waals surface area contributed by atoms with Crippen LogP contribution >= 0.6 is 11.3 Å². The Labute approximate surface area is 231 Å². The molecule has 5 nitrogen and oxygen atoms in total. The predicted octanol–water partition coefficient (Wildman–Crippen LogP) is 7.72. The molecule has 4 aromatic rings. The van der Waals surface area contributed by atoms with E-state index < -0.39 is 11.6 Å². The van der Waals surface area contributed by atoms with E-state index >= 15 is 0 Å². The molecular weight excluding hydrogens is 525 g/mol. The van der Waals surface area contributed by atoms with Crippen LogP contribution in [0.25, 0.3) is 0 Å². The number of oxazole rings is 1. The van der Waals surface area contributed by atoms with E-state index in [0.29, 0.717) is 34.9 Å². The molecule has 0 saturated carbocycles. The highest BCUT2D eigenvalue weighted by molar-refractivity contribution is 7.13. The maximum atomic E-state index is 12.9. The zero-order valence-corrected chi connectivity index (χ0v) is 23.5.